The first-order chi connectivity index (χ1) is 9.55. The second-order valence-electron chi connectivity index (χ2n) is 4.74. The van der Waals surface area contributed by atoms with Gasteiger partial charge in [-0.25, -0.2) is 0 Å². The topological polar surface area (TPSA) is 93.5 Å². The molecule has 1 fully saturated rings. The van der Waals surface area contributed by atoms with Crippen molar-refractivity contribution in [3.05, 3.63) is 33.9 Å². The van der Waals surface area contributed by atoms with E-state index in [1.54, 1.807) is 19.2 Å². The Bertz CT molecular complexity index is 526. The van der Waals surface area contributed by atoms with E-state index < -0.39 is 4.92 Å². The number of rotatable bonds is 5. The predicted molar refractivity (Wildman–Crippen MR) is 73.9 cm³/mol. The van der Waals surface area contributed by atoms with Crippen LogP contribution in [0.3, 0.4) is 0 Å². The van der Waals surface area contributed by atoms with Crippen molar-refractivity contribution in [1.29, 1.82) is 0 Å². The highest BCUT2D eigenvalue weighted by atomic mass is 16.6. The summed E-state index contributed by atoms with van der Waals surface area (Å²) in [4.78, 5) is 22.1. The molecule has 0 atom stereocenters. The molecule has 1 aliphatic rings. The van der Waals surface area contributed by atoms with Crippen LogP contribution >= 0.6 is 0 Å². The molecule has 0 radical (unpaired) electrons. The van der Waals surface area contributed by atoms with E-state index in [-0.39, 0.29) is 29.3 Å². The Morgan fingerprint density at radius 2 is 2.15 bits per heavy atom. The number of methoxy groups -OCH3 is 1. The standard InChI is InChI=1S/C13H17N3O4/c1-14-13(17)8-3-4-11(12(5-8)16(18)19)15-9-6-10(7-9)20-2/h3-5,9-10,15H,6-7H2,1-2H3,(H,14,17). The van der Waals surface area contributed by atoms with Crippen LogP contribution in [-0.4, -0.2) is 37.1 Å². The summed E-state index contributed by atoms with van der Waals surface area (Å²) in [6.45, 7) is 0. The van der Waals surface area contributed by atoms with E-state index in [9.17, 15) is 14.9 Å². The average Bonchev–Trinajstić information content (AvgIpc) is 2.41. The SMILES string of the molecule is CNC(=O)c1ccc(NC2CC(OC)C2)c([N+](=O)[O-])c1. The number of anilines is 1. The smallest absolute Gasteiger partial charge is 0.293 e. The largest absolute Gasteiger partial charge is 0.381 e. The fourth-order valence-electron chi connectivity index (χ4n) is 2.19. The van der Waals surface area contributed by atoms with Gasteiger partial charge in [0.1, 0.15) is 5.69 Å². The second-order valence-corrected chi connectivity index (χ2v) is 4.74. The molecule has 1 amide bonds. The first kappa shape index (κ1) is 14.3. The molecule has 0 aromatic heterocycles. The molecule has 7 heteroatoms. The Labute approximate surface area is 116 Å². The normalized spacial score (nSPS) is 20.9. The Morgan fingerprint density at radius 1 is 1.45 bits per heavy atom. The van der Waals surface area contributed by atoms with E-state index >= 15 is 0 Å². The van der Waals surface area contributed by atoms with Crippen LogP contribution in [-0.2, 0) is 4.74 Å². The van der Waals surface area contributed by atoms with Gasteiger partial charge < -0.3 is 15.4 Å². The Hall–Kier alpha value is -2.15. The van der Waals surface area contributed by atoms with Crippen molar-refractivity contribution in [3.63, 3.8) is 0 Å². The maximum atomic E-state index is 11.5. The second kappa shape index (κ2) is 5.87. The van der Waals surface area contributed by atoms with Crippen molar-refractivity contribution in [2.45, 2.75) is 25.0 Å². The number of hydrogen-bond acceptors (Lipinski definition) is 5. The van der Waals surface area contributed by atoms with Crippen LogP contribution in [0.4, 0.5) is 11.4 Å². The lowest BCUT2D eigenvalue weighted by atomic mass is 9.89. The third-order valence-electron chi connectivity index (χ3n) is 3.47. The van der Waals surface area contributed by atoms with Crippen LogP contribution in [0.2, 0.25) is 0 Å². The molecule has 1 aromatic carbocycles. The number of nitro groups is 1. The van der Waals surface area contributed by atoms with Crippen LogP contribution in [0.15, 0.2) is 18.2 Å². The molecule has 0 unspecified atom stereocenters. The van der Waals surface area contributed by atoms with Gasteiger partial charge in [0.05, 0.1) is 11.0 Å². The van der Waals surface area contributed by atoms with Crippen LogP contribution < -0.4 is 10.6 Å². The summed E-state index contributed by atoms with van der Waals surface area (Å²) >= 11 is 0. The van der Waals surface area contributed by atoms with Crippen LogP contribution in [0.1, 0.15) is 23.2 Å². The summed E-state index contributed by atoms with van der Waals surface area (Å²) in [6.07, 6.45) is 1.87. The molecular weight excluding hydrogens is 262 g/mol. The highest BCUT2D eigenvalue weighted by Gasteiger charge is 2.30. The molecule has 2 rings (SSSR count). The zero-order valence-corrected chi connectivity index (χ0v) is 11.4. The van der Waals surface area contributed by atoms with Crippen molar-refractivity contribution in [2.24, 2.45) is 0 Å². The third-order valence-corrected chi connectivity index (χ3v) is 3.47. The van der Waals surface area contributed by atoms with Gasteiger partial charge in [0.25, 0.3) is 11.6 Å². The van der Waals surface area contributed by atoms with Crippen molar-refractivity contribution in [2.75, 3.05) is 19.5 Å². The minimum atomic E-state index is -0.485. The fourth-order valence-corrected chi connectivity index (χ4v) is 2.19. The summed E-state index contributed by atoms with van der Waals surface area (Å²) in [7, 11) is 3.14. The van der Waals surface area contributed by atoms with Crippen molar-refractivity contribution in [3.8, 4) is 0 Å². The summed E-state index contributed by atoms with van der Waals surface area (Å²) in [5.41, 5.74) is 0.613. The first-order valence-corrected chi connectivity index (χ1v) is 6.35. The van der Waals surface area contributed by atoms with Gasteiger partial charge in [0, 0.05) is 31.8 Å². The summed E-state index contributed by atoms with van der Waals surface area (Å²) < 4.78 is 5.17. The summed E-state index contributed by atoms with van der Waals surface area (Å²) in [6, 6.07) is 4.60. The maximum absolute atomic E-state index is 11.5. The van der Waals surface area contributed by atoms with Crippen molar-refractivity contribution in [1.82, 2.24) is 5.32 Å². The number of nitrogens with zero attached hydrogens (tertiary/aromatic N) is 1. The van der Waals surface area contributed by atoms with Gasteiger partial charge in [-0.2, -0.15) is 0 Å². The van der Waals surface area contributed by atoms with Gasteiger partial charge in [-0.1, -0.05) is 0 Å². The molecule has 1 aromatic rings. The number of carbonyl (C=O) groups is 1. The monoisotopic (exact) mass is 279 g/mol. The molecule has 0 saturated heterocycles. The minimum absolute atomic E-state index is 0.0908. The van der Waals surface area contributed by atoms with E-state index in [1.165, 1.54) is 13.1 Å². The molecule has 0 spiro atoms. The number of nitrogens with one attached hydrogen (secondary N) is 2. The molecule has 108 valence electrons. The van der Waals surface area contributed by atoms with Crippen LogP contribution in [0, 0.1) is 10.1 Å². The predicted octanol–water partition coefficient (Wildman–Crippen LogP) is 1.54. The summed E-state index contributed by atoms with van der Waals surface area (Å²) in [5, 5.41) is 16.7. The molecule has 1 saturated carbocycles. The zero-order valence-electron chi connectivity index (χ0n) is 11.4. The Morgan fingerprint density at radius 3 is 2.70 bits per heavy atom. The maximum Gasteiger partial charge on any atom is 0.293 e. The molecule has 0 bridgehead atoms. The molecule has 0 aliphatic heterocycles. The minimum Gasteiger partial charge on any atom is -0.381 e. The van der Waals surface area contributed by atoms with Crippen molar-refractivity contribution < 1.29 is 14.5 Å². The highest BCUT2D eigenvalue weighted by Crippen LogP contribution is 2.31. The Balaban J connectivity index is 2.16. The molecule has 1 aliphatic carbocycles. The number of amides is 1. The van der Waals surface area contributed by atoms with Crippen LogP contribution in [0.5, 0.6) is 0 Å². The average molecular weight is 279 g/mol. The number of ether oxygens (including phenoxy) is 1. The van der Waals surface area contributed by atoms with E-state index in [0.717, 1.165) is 12.8 Å². The molecular formula is C13H17N3O4. The number of benzene rings is 1. The van der Waals surface area contributed by atoms with Gasteiger partial charge in [-0.05, 0) is 25.0 Å². The zero-order chi connectivity index (χ0) is 14.7. The molecule has 7 nitrogen and oxygen atoms in total. The quantitative estimate of drug-likeness (QED) is 0.630. The number of carbonyl (C=O) groups excluding carboxylic acids is 1. The number of nitro benzene ring substituents is 1. The van der Waals surface area contributed by atoms with E-state index in [4.69, 9.17) is 4.74 Å². The van der Waals surface area contributed by atoms with Crippen LogP contribution in [0.25, 0.3) is 0 Å². The lowest BCUT2D eigenvalue weighted by Crippen LogP contribution is -2.40. The number of hydrogen-bond donors (Lipinski definition) is 2. The van der Waals surface area contributed by atoms with E-state index in [0.29, 0.717) is 5.69 Å². The van der Waals surface area contributed by atoms with Gasteiger partial charge in [-0.15, -0.1) is 0 Å². The molecule has 20 heavy (non-hydrogen) atoms. The van der Waals surface area contributed by atoms with Gasteiger partial charge >= 0.3 is 0 Å². The van der Waals surface area contributed by atoms with Crippen molar-refractivity contribution >= 4 is 17.3 Å². The first-order valence-electron chi connectivity index (χ1n) is 6.35. The summed E-state index contributed by atoms with van der Waals surface area (Å²) in [5.74, 6) is -0.345. The van der Waals surface area contributed by atoms with Gasteiger partial charge in [-0.3, -0.25) is 14.9 Å². The fraction of sp³-hybridized carbons (Fsp3) is 0.462. The molecule has 2 N–H and O–H groups in total. The van der Waals surface area contributed by atoms with E-state index in [1.807, 2.05) is 0 Å². The molecule has 0 heterocycles. The Kier molecular flexibility index (Phi) is 4.19. The van der Waals surface area contributed by atoms with Gasteiger partial charge in [0.2, 0.25) is 0 Å². The van der Waals surface area contributed by atoms with Gasteiger partial charge in [0.15, 0.2) is 0 Å². The highest BCUT2D eigenvalue weighted by molar-refractivity contribution is 5.95. The van der Waals surface area contributed by atoms with E-state index in [2.05, 4.69) is 10.6 Å². The third kappa shape index (κ3) is 2.88. The lowest BCUT2D eigenvalue weighted by molar-refractivity contribution is -0.384. The lowest BCUT2D eigenvalue weighted by Gasteiger charge is -2.35.